The van der Waals surface area contributed by atoms with E-state index in [-0.39, 0.29) is 6.04 Å². The number of hydrogen-bond donors (Lipinski definition) is 1. The largest absolute Gasteiger partial charge is 0.362 e. The van der Waals surface area contributed by atoms with Crippen LogP contribution in [0.5, 0.6) is 0 Å². The Balaban J connectivity index is 1.89. The second kappa shape index (κ2) is 6.20. The summed E-state index contributed by atoms with van der Waals surface area (Å²) < 4.78 is 3.34. The van der Waals surface area contributed by atoms with E-state index in [0.29, 0.717) is 0 Å². The molecule has 1 aromatic carbocycles. The quantitative estimate of drug-likeness (QED) is 0.923. The van der Waals surface area contributed by atoms with Crippen LogP contribution < -0.4 is 10.6 Å². The lowest BCUT2D eigenvalue weighted by Crippen LogP contribution is -2.34. The molecule has 0 amide bonds. The summed E-state index contributed by atoms with van der Waals surface area (Å²) in [5.74, 6) is 1.13. The number of halogens is 1. The van der Waals surface area contributed by atoms with Gasteiger partial charge in [0.1, 0.15) is 5.82 Å². The summed E-state index contributed by atoms with van der Waals surface area (Å²) in [6.45, 7) is 4.99. The molecule has 0 fully saturated rings. The van der Waals surface area contributed by atoms with Gasteiger partial charge in [0.25, 0.3) is 0 Å². The molecule has 1 atom stereocenters. The molecule has 112 valence electrons. The van der Waals surface area contributed by atoms with Crippen LogP contribution in [0.4, 0.5) is 5.69 Å². The summed E-state index contributed by atoms with van der Waals surface area (Å²) in [4.78, 5) is 6.85. The molecule has 3 rings (SSSR count). The molecule has 1 aliphatic heterocycles. The van der Waals surface area contributed by atoms with Gasteiger partial charge >= 0.3 is 0 Å². The summed E-state index contributed by atoms with van der Waals surface area (Å²) in [5.41, 5.74) is 8.76. The summed E-state index contributed by atoms with van der Waals surface area (Å²) >= 11 is 3.59. The molecule has 0 saturated carbocycles. The van der Waals surface area contributed by atoms with Crippen LogP contribution in [0.1, 0.15) is 24.7 Å². The molecule has 1 aromatic heterocycles. The third-order valence-corrected chi connectivity index (χ3v) is 4.63. The molecule has 0 saturated heterocycles. The van der Waals surface area contributed by atoms with Gasteiger partial charge in [-0.15, -0.1) is 0 Å². The van der Waals surface area contributed by atoms with Crippen LogP contribution in [0.2, 0.25) is 0 Å². The minimum atomic E-state index is 0.219. The maximum absolute atomic E-state index is 6.15. The molecule has 0 radical (unpaired) electrons. The molecule has 0 aliphatic carbocycles. The minimum absolute atomic E-state index is 0.219. The van der Waals surface area contributed by atoms with Crippen LogP contribution in [0.25, 0.3) is 0 Å². The Labute approximate surface area is 134 Å². The first-order valence-electron chi connectivity index (χ1n) is 7.46. The molecule has 0 spiro atoms. The van der Waals surface area contributed by atoms with Crippen LogP contribution in [-0.2, 0) is 19.5 Å². The van der Waals surface area contributed by atoms with E-state index in [9.17, 15) is 0 Å². The number of aromatic nitrogens is 2. The van der Waals surface area contributed by atoms with Gasteiger partial charge in [-0.05, 0) is 30.5 Å². The number of imidazole rings is 1. The van der Waals surface area contributed by atoms with Crippen LogP contribution in [0.15, 0.2) is 35.1 Å². The van der Waals surface area contributed by atoms with Crippen molar-refractivity contribution in [2.75, 3.05) is 11.4 Å². The van der Waals surface area contributed by atoms with Crippen molar-refractivity contribution >= 4 is 21.6 Å². The standard InChI is InChI=1S/C16H21BrN4/c1-2-14(18)9-12-3-4-13(17)10-15(12)21-8-7-20-6-5-19-16(20)11-21/h3-6,10,14H,2,7-9,11,18H2,1H3. The Hall–Kier alpha value is -1.33. The van der Waals surface area contributed by atoms with E-state index in [1.807, 2.05) is 6.20 Å². The highest BCUT2D eigenvalue weighted by molar-refractivity contribution is 9.10. The van der Waals surface area contributed by atoms with Crippen molar-refractivity contribution < 1.29 is 0 Å². The fourth-order valence-corrected chi connectivity index (χ4v) is 3.16. The molecule has 1 aliphatic rings. The zero-order chi connectivity index (χ0) is 14.8. The smallest absolute Gasteiger partial charge is 0.128 e. The van der Waals surface area contributed by atoms with Gasteiger partial charge < -0.3 is 15.2 Å². The SMILES string of the molecule is CCC(N)Cc1ccc(Br)cc1N1CCn2ccnc2C1. The highest BCUT2D eigenvalue weighted by atomic mass is 79.9. The number of hydrogen-bond acceptors (Lipinski definition) is 3. The lowest BCUT2D eigenvalue weighted by Gasteiger charge is -2.31. The number of nitrogens with zero attached hydrogens (tertiary/aromatic N) is 3. The second-order valence-electron chi connectivity index (χ2n) is 5.60. The van der Waals surface area contributed by atoms with Gasteiger partial charge in [0.2, 0.25) is 0 Å². The van der Waals surface area contributed by atoms with Gasteiger partial charge in [-0.3, -0.25) is 0 Å². The van der Waals surface area contributed by atoms with Crippen molar-refractivity contribution in [3.8, 4) is 0 Å². The summed E-state index contributed by atoms with van der Waals surface area (Å²) in [6, 6.07) is 6.72. The minimum Gasteiger partial charge on any atom is -0.362 e. The van der Waals surface area contributed by atoms with Crippen molar-refractivity contribution in [2.24, 2.45) is 5.73 Å². The third-order valence-electron chi connectivity index (χ3n) is 4.14. The van der Waals surface area contributed by atoms with E-state index in [2.05, 4.69) is 61.7 Å². The summed E-state index contributed by atoms with van der Waals surface area (Å²) in [5, 5.41) is 0. The molecular weight excluding hydrogens is 328 g/mol. The van der Waals surface area contributed by atoms with E-state index in [1.54, 1.807) is 0 Å². The van der Waals surface area contributed by atoms with Crippen molar-refractivity contribution in [1.82, 2.24) is 9.55 Å². The molecule has 2 N–H and O–H groups in total. The van der Waals surface area contributed by atoms with E-state index in [4.69, 9.17) is 5.73 Å². The van der Waals surface area contributed by atoms with Crippen molar-refractivity contribution in [2.45, 2.75) is 38.9 Å². The first kappa shape index (κ1) is 14.6. The zero-order valence-corrected chi connectivity index (χ0v) is 13.9. The highest BCUT2D eigenvalue weighted by Crippen LogP contribution is 2.29. The Kier molecular flexibility index (Phi) is 4.31. The van der Waals surface area contributed by atoms with Crippen LogP contribution in [-0.4, -0.2) is 22.1 Å². The van der Waals surface area contributed by atoms with Crippen molar-refractivity contribution in [3.63, 3.8) is 0 Å². The predicted octanol–water partition coefficient (Wildman–Crippen LogP) is 2.95. The van der Waals surface area contributed by atoms with Crippen LogP contribution in [0, 0.1) is 0 Å². The van der Waals surface area contributed by atoms with Crippen LogP contribution in [0.3, 0.4) is 0 Å². The van der Waals surface area contributed by atoms with Gasteiger partial charge in [0.05, 0.1) is 6.54 Å². The van der Waals surface area contributed by atoms with E-state index in [1.165, 1.54) is 11.3 Å². The maximum atomic E-state index is 6.15. The Morgan fingerprint density at radius 3 is 3.05 bits per heavy atom. The molecule has 21 heavy (non-hydrogen) atoms. The number of fused-ring (bicyclic) bond motifs is 1. The molecule has 0 bridgehead atoms. The van der Waals surface area contributed by atoms with Gasteiger partial charge in [0.15, 0.2) is 0 Å². The average molecular weight is 349 g/mol. The van der Waals surface area contributed by atoms with Gasteiger partial charge in [-0.1, -0.05) is 28.9 Å². The number of anilines is 1. The predicted molar refractivity (Wildman–Crippen MR) is 89.4 cm³/mol. The van der Waals surface area contributed by atoms with E-state index < -0.39 is 0 Å². The van der Waals surface area contributed by atoms with Gasteiger partial charge in [-0.25, -0.2) is 4.98 Å². The summed E-state index contributed by atoms with van der Waals surface area (Å²) in [6.07, 6.45) is 5.86. The second-order valence-corrected chi connectivity index (χ2v) is 6.52. The zero-order valence-electron chi connectivity index (χ0n) is 12.3. The molecule has 1 unspecified atom stereocenters. The van der Waals surface area contributed by atoms with E-state index in [0.717, 1.165) is 42.8 Å². The maximum Gasteiger partial charge on any atom is 0.128 e. The molecule has 2 aromatic rings. The van der Waals surface area contributed by atoms with Crippen molar-refractivity contribution in [1.29, 1.82) is 0 Å². The third kappa shape index (κ3) is 3.14. The molecule has 5 heteroatoms. The monoisotopic (exact) mass is 348 g/mol. The lowest BCUT2D eigenvalue weighted by atomic mass is 10.0. The molecular formula is C16H21BrN4. The highest BCUT2D eigenvalue weighted by Gasteiger charge is 2.20. The van der Waals surface area contributed by atoms with Crippen LogP contribution >= 0.6 is 15.9 Å². The van der Waals surface area contributed by atoms with Gasteiger partial charge in [0, 0.05) is 41.7 Å². The number of nitrogens with two attached hydrogens (primary N) is 1. The first-order chi connectivity index (χ1) is 10.2. The van der Waals surface area contributed by atoms with Crippen molar-refractivity contribution in [3.05, 3.63) is 46.5 Å². The normalized spacial score (nSPS) is 15.9. The average Bonchev–Trinajstić information content (AvgIpc) is 2.96. The molecule has 2 heterocycles. The Bertz CT molecular complexity index is 622. The topological polar surface area (TPSA) is 47.1 Å². The Morgan fingerprint density at radius 2 is 2.24 bits per heavy atom. The summed E-state index contributed by atoms with van der Waals surface area (Å²) in [7, 11) is 0. The lowest BCUT2D eigenvalue weighted by molar-refractivity contribution is 0.556. The fourth-order valence-electron chi connectivity index (χ4n) is 2.81. The molecule has 4 nitrogen and oxygen atoms in total. The fraction of sp³-hybridized carbons (Fsp3) is 0.438. The van der Waals surface area contributed by atoms with E-state index >= 15 is 0 Å². The van der Waals surface area contributed by atoms with Gasteiger partial charge in [-0.2, -0.15) is 0 Å². The first-order valence-corrected chi connectivity index (χ1v) is 8.25. The number of benzene rings is 1. The number of rotatable bonds is 4. The Morgan fingerprint density at radius 1 is 1.38 bits per heavy atom.